The molecule has 0 nitrogen and oxygen atoms in total. The molecule has 0 saturated heterocycles. The van der Waals surface area contributed by atoms with Crippen LogP contribution in [-0.4, -0.2) is 5.88 Å². The molecule has 1 atom stereocenters. The van der Waals surface area contributed by atoms with Crippen LogP contribution in [0.1, 0.15) is 17.4 Å². The van der Waals surface area contributed by atoms with Crippen molar-refractivity contribution in [1.29, 1.82) is 0 Å². The maximum atomic E-state index is 6.06. The molecule has 66 valence electrons. The zero-order valence-electron chi connectivity index (χ0n) is 6.43. The van der Waals surface area contributed by atoms with Gasteiger partial charge in [0.15, 0.2) is 0 Å². The van der Waals surface area contributed by atoms with Crippen molar-refractivity contribution in [2.75, 3.05) is 5.88 Å². The van der Waals surface area contributed by atoms with E-state index in [4.69, 9.17) is 23.2 Å². The van der Waals surface area contributed by atoms with Gasteiger partial charge in [-0.15, -0.1) is 23.2 Å². The van der Waals surface area contributed by atoms with E-state index < -0.39 is 0 Å². The van der Waals surface area contributed by atoms with E-state index in [9.17, 15) is 0 Å². The summed E-state index contributed by atoms with van der Waals surface area (Å²) in [5.74, 6) is 0.601. The number of rotatable bonds is 3. The average molecular weight is 268 g/mol. The van der Waals surface area contributed by atoms with Crippen LogP contribution in [0.5, 0.6) is 0 Å². The number of hydrogen-bond acceptors (Lipinski definition) is 0. The highest BCUT2D eigenvalue weighted by Gasteiger charge is 2.05. The van der Waals surface area contributed by atoms with Crippen molar-refractivity contribution < 1.29 is 0 Å². The highest BCUT2D eigenvalue weighted by molar-refractivity contribution is 9.10. The van der Waals surface area contributed by atoms with E-state index in [0.717, 1.165) is 16.5 Å². The van der Waals surface area contributed by atoms with Gasteiger partial charge in [0.05, 0.1) is 5.38 Å². The Kier molecular flexibility index (Phi) is 4.41. The molecule has 1 aromatic carbocycles. The highest BCUT2D eigenvalue weighted by Crippen LogP contribution is 2.25. The minimum absolute atomic E-state index is 0.0376. The van der Waals surface area contributed by atoms with Crippen LogP contribution < -0.4 is 0 Å². The summed E-state index contributed by atoms with van der Waals surface area (Å²) in [6, 6.07) is 7.99. The monoisotopic (exact) mass is 266 g/mol. The van der Waals surface area contributed by atoms with Crippen molar-refractivity contribution in [1.82, 2.24) is 0 Å². The van der Waals surface area contributed by atoms with E-state index in [1.807, 2.05) is 24.3 Å². The number of hydrogen-bond donors (Lipinski definition) is 0. The SMILES string of the molecule is ClCC[C@@H](Cl)c1ccc(Br)cc1. The first-order valence-electron chi connectivity index (χ1n) is 3.69. The van der Waals surface area contributed by atoms with Crippen molar-refractivity contribution in [2.45, 2.75) is 11.8 Å². The van der Waals surface area contributed by atoms with Gasteiger partial charge in [0.25, 0.3) is 0 Å². The second-order valence-electron chi connectivity index (χ2n) is 2.50. The molecule has 0 saturated carbocycles. The topological polar surface area (TPSA) is 0 Å². The molecule has 0 radical (unpaired) electrons. The normalized spacial score (nSPS) is 12.9. The zero-order chi connectivity index (χ0) is 8.97. The summed E-state index contributed by atoms with van der Waals surface area (Å²) in [5.41, 5.74) is 1.13. The Morgan fingerprint density at radius 3 is 2.33 bits per heavy atom. The van der Waals surface area contributed by atoms with Crippen molar-refractivity contribution >= 4 is 39.1 Å². The van der Waals surface area contributed by atoms with Crippen LogP contribution in [0.4, 0.5) is 0 Å². The molecule has 0 amide bonds. The van der Waals surface area contributed by atoms with Crippen LogP contribution in [0.3, 0.4) is 0 Å². The molecule has 0 aliphatic rings. The van der Waals surface area contributed by atoms with Gasteiger partial charge in [0.2, 0.25) is 0 Å². The minimum atomic E-state index is 0.0376. The minimum Gasteiger partial charge on any atom is -0.127 e. The molecule has 0 spiro atoms. The molecule has 0 heterocycles. The largest absolute Gasteiger partial charge is 0.127 e. The van der Waals surface area contributed by atoms with Gasteiger partial charge >= 0.3 is 0 Å². The molecule has 1 aromatic rings. The first kappa shape index (κ1) is 10.4. The Hall–Kier alpha value is 0.280. The molecule has 3 heteroatoms. The van der Waals surface area contributed by atoms with Crippen molar-refractivity contribution in [3.63, 3.8) is 0 Å². The van der Waals surface area contributed by atoms with E-state index in [0.29, 0.717) is 5.88 Å². The lowest BCUT2D eigenvalue weighted by molar-refractivity contribution is 0.890. The molecule has 0 N–H and O–H groups in total. The predicted octanol–water partition coefficient (Wildman–Crippen LogP) is 4.36. The van der Waals surface area contributed by atoms with Gasteiger partial charge in [-0.25, -0.2) is 0 Å². The zero-order valence-corrected chi connectivity index (χ0v) is 9.53. The van der Waals surface area contributed by atoms with Crippen LogP contribution in [-0.2, 0) is 0 Å². The van der Waals surface area contributed by atoms with Crippen molar-refractivity contribution in [2.24, 2.45) is 0 Å². The van der Waals surface area contributed by atoms with Crippen LogP contribution >= 0.6 is 39.1 Å². The van der Waals surface area contributed by atoms with Gasteiger partial charge in [-0.1, -0.05) is 28.1 Å². The van der Waals surface area contributed by atoms with Crippen molar-refractivity contribution in [3.05, 3.63) is 34.3 Å². The summed E-state index contributed by atoms with van der Waals surface area (Å²) < 4.78 is 1.07. The van der Waals surface area contributed by atoms with Gasteiger partial charge < -0.3 is 0 Å². The molecule has 0 aliphatic heterocycles. The second kappa shape index (κ2) is 5.11. The molecular weight excluding hydrogens is 259 g/mol. The van der Waals surface area contributed by atoms with Crippen LogP contribution in [0, 0.1) is 0 Å². The molecule has 0 unspecified atom stereocenters. The van der Waals surface area contributed by atoms with Crippen LogP contribution in [0.15, 0.2) is 28.7 Å². The van der Waals surface area contributed by atoms with Crippen LogP contribution in [0.2, 0.25) is 0 Å². The summed E-state index contributed by atoms with van der Waals surface area (Å²) >= 11 is 15.0. The fourth-order valence-corrected chi connectivity index (χ4v) is 1.78. The summed E-state index contributed by atoms with van der Waals surface area (Å²) in [5, 5.41) is 0.0376. The van der Waals surface area contributed by atoms with E-state index in [1.165, 1.54) is 0 Å². The molecule has 1 rings (SSSR count). The maximum Gasteiger partial charge on any atom is 0.0596 e. The Bertz CT molecular complexity index is 233. The first-order chi connectivity index (χ1) is 5.74. The highest BCUT2D eigenvalue weighted by atomic mass is 79.9. The number of benzene rings is 1. The van der Waals surface area contributed by atoms with E-state index in [-0.39, 0.29) is 5.38 Å². The Morgan fingerprint density at radius 2 is 1.83 bits per heavy atom. The van der Waals surface area contributed by atoms with Gasteiger partial charge in [-0.3, -0.25) is 0 Å². The van der Waals surface area contributed by atoms with Gasteiger partial charge in [0.1, 0.15) is 0 Å². The Morgan fingerprint density at radius 1 is 1.25 bits per heavy atom. The molecule has 12 heavy (non-hydrogen) atoms. The summed E-state index contributed by atoms with van der Waals surface area (Å²) in [4.78, 5) is 0. The lowest BCUT2D eigenvalue weighted by atomic mass is 10.1. The third-order valence-corrected chi connectivity index (χ3v) is 2.81. The molecule has 0 aliphatic carbocycles. The standard InChI is InChI=1S/C9H9BrCl2/c10-8-3-1-7(2-4-8)9(12)5-6-11/h1-4,9H,5-6H2/t9-/m1/s1. The fourth-order valence-electron chi connectivity index (χ4n) is 0.934. The Labute approximate surface area is 91.0 Å². The molecule has 0 aromatic heterocycles. The Balaban J connectivity index is 2.68. The summed E-state index contributed by atoms with van der Waals surface area (Å²) in [7, 11) is 0. The van der Waals surface area contributed by atoms with E-state index in [1.54, 1.807) is 0 Å². The number of halogens is 3. The van der Waals surface area contributed by atoms with Gasteiger partial charge in [-0.05, 0) is 24.1 Å². The van der Waals surface area contributed by atoms with Crippen LogP contribution in [0.25, 0.3) is 0 Å². The van der Waals surface area contributed by atoms with Gasteiger partial charge in [-0.2, -0.15) is 0 Å². The fraction of sp³-hybridized carbons (Fsp3) is 0.333. The molecule has 0 bridgehead atoms. The maximum absolute atomic E-state index is 6.06. The average Bonchev–Trinajstić information content (AvgIpc) is 2.06. The predicted molar refractivity (Wildman–Crippen MR) is 58.1 cm³/mol. The number of alkyl halides is 2. The van der Waals surface area contributed by atoms with E-state index in [2.05, 4.69) is 15.9 Å². The summed E-state index contributed by atoms with van der Waals surface area (Å²) in [6.07, 6.45) is 0.810. The summed E-state index contributed by atoms with van der Waals surface area (Å²) in [6.45, 7) is 0. The second-order valence-corrected chi connectivity index (χ2v) is 4.32. The van der Waals surface area contributed by atoms with Crippen molar-refractivity contribution in [3.8, 4) is 0 Å². The molecular formula is C9H9BrCl2. The molecule has 0 fully saturated rings. The lowest BCUT2D eigenvalue weighted by Crippen LogP contribution is -1.90. The lowest BCUT2D eigenvalue weighted by Gasteiger charge is -2.06. The first-order valence-corrected chi connectivity index (χ1v) is 5.46. The third-order valence-electron chi connectivity index (χ3n) is 1.59. The smallest absolute Gasteiger partial charge is 0.0596 e. The quantitative estimate of drug-likeness (QED) is 0.714. The third kappa shape index (κ3) is 2.96. The van der Waals surface area contributed by atoms with E-state index >= 15 is 0 Å². The van der Waals surface area contributed by atoms with Gasteiger partial charge in [0, 0.05) is 10.4 Å².